The average molecular weight is 237 g/mol. The van der Waals surface area contributed by atoms with Gasteiger partial charge in [-0.15, -0.1) is 0 Å². The fourth-order valence-electron chi connectivity index (χ4n) is 1.43. The highest BCUT2D eigenvalue weighted by molar-refractivity contribution is 7.99. The lowest BCUT2D eigenvalue weighted by Gasteiger charge is -2.06. The molecule has 0 fully saturated rings. The van der Waals surface area contributed by atoms with E-state index in [9.17, 15) is 0 Å². The topological polar surface area (TPSA) is 74.9 Å². The molecule has 1 heterocycles. The Bertz CT molecular complexity index is 424. The Kier molecular flexibility index (Phi) is 3.82. The maximum absolute atomic E-state index is 8.74. The number of nitrogens with zero attached hydrogens (tertiary/aromatic N) is 1. The van der Waals surface area contributed by atoms with Crippen LogP contribution in [0.25, 0.3) is 11.0 Å². The van der Waals surface area contributed by atoms with Crippen molar-refractivity contribution < 1.29 is 5.11 Å². The number of H-pyrrole nitrogens is 1. The van der Waals surface area contributed by atoms with Crippen LogP contribution >= 0.6 is 11.8 Å². The molecule has 0 aliphatic heterocycles. The molecule has 1 aromatic heterocycles. The molecule has 4 nitrogen and oxygen atoms in total. The minimum absolute atomic E-state index is 0.0169. The molecule has 0 aliphatic carbocycles. The molecule has 0 amide bonds. The Hall–Kier alpha value is -1.04. The largest absolute Gasteiger partial charge is 0.396 e. The van der Waals surface area contributed by atoms with Crippen molar-refractivity contribution in [3.63, 3.8) is 0 Å². The number of aliphatic hydroxyl groups is 1. The van der Waals surface area contributed by atoms with Gasteiger partial charge in [0.25, 0.3) is 0 Å². The van der Waals surface area contributed by atoms with E-state index in [2.05, 4.69) is 9.97 Å². The molecule has 1 aromatic carbocycles. The van der Waals surface area contributed by atoms with Crippen molar-refractivity contribution >= 4 is 22.8 Å². The first-order valence-electron chi connectivity index (χ1n) is 5.23. The second-order valence-electron chi connectivity index (χ2n) is 3.64. The Morgan fingerprint density at radius 1 is 1.44 bits per heavy atom. The molecule has 5 heteroatoms. The predicted molar refractivity (Wildman–Crippen MR) is 66.5 cm³/mol. The van der Waals surface area contributed by atoms with Crippen LogP contribution in [0.3, 0.4) is 0 Å². The lowest BCUT2D eigenvalue weighted by atomic mass is 10.3. The van der Waals surface area contributed by atoms with Crippen LogP contribution in [0, 0.1) is 0 Å². The van der Waals surface area contributed by atoms with E-state index in [0.717, 1.165) is 21.9 Å². The van der Waals surface area contributed by atoms with Crippen molar-refractivity contribution in [1.29, 1.82) is 0 Å². The van der Waals surface area contributed by atoms with E-state index in [1.165, 1.54) is 0 Å². The number of nitrogens with one attached hydrogen (secondary N) is 1. The van der Waals surface area contributed by atoms with Crippen molar-refractivity contribution in [3.05, 3.63) is 24.3 Å². The van der Waals surface area contributed by atoms with Crippen LogP contribution in [-0.4, -0.2) is 33.5 Å². The average Bonchev–Trinajstić information content (AvgIpc) is 2.69. The van der Waals surface area contributed by atoms with Gasteiger partial charge in [0.1, 0.15) is 0 Å². The standard InChI is InChI=1S/C11H15N3OS/c12-8(5-6-15)7-16-11-13-9-3-1-2-4-10(9)14-11/h1-4,8,15H,5-7,12H2,(H,13,14). The number of rotatable bonds is 5. The van der Waals surface area contributed by atoms with Gasteiger partial charge in [-0.3, -0.25) is 0 Å². The summed E-state index contributed by atoms with van der Waals surface area (Å²) in [7, 11) is 0. The number of fused-ring (bicyclic) bond motifs is 1. The molecule has 0 spiro atoms. The number of hydrogen-bond donors (Lipinski definition) is 3. The van der Waals surface area contributed by atoms with E-state index in [0.29, 0.717) is 6.42 Å². The van der Waals surface area contributed by atoms with Crippen molar-refractivity contribution in [3.8, 4) is 0 Å². The first-order chi connectivity index (χ1) is 7.79. The third kappa shape index (κ3) is 2.75. The molecule has 0 saturated carbocycles. The lowest BCUT2D eigenvalue weighted by molar-refractivity contribution is 0.279. The third-order valence-electron chi connectivity index (χ3n) is 2.30. The van der Waals surface area contributed by atoms with Gasteiger partial charge in [-0.2, -0.15) is 0 Å². The molecule has 4 N–H and O–H groups in total. The SMILES string of the molecule is NC(CCO)CSc1nc2ccccc2[nH]1. The maximum Gasteiger partial charge on any atom is 0.166 e. The van der Waals surface area contributed by atoms with Crippen LogP contribution in [0.4, 0.5) is 0 Å². The van der Waals surface area contributed by atoms with Gasteiger partial charge in [0.2, 0.25) is 0 Å². The highest BCUT2D eigenvalue weighted by Crippen LogP contribution is 2.19. The summed E-state index contributed by atoms with van der Waals surface area (Å²) in [5, 5.41) is 9.62. The molecule has 1 unspecified atom stereocenters. The van der Waals surface area contributed by atoms with Crippen molar-refractivity contribution in [2.45, 2.75) is 17.6 Å². The highest BCUT2D eigenvalue weighted by Gasteiger charge is 2.06. The van der Waals surface area contributed by atoms with E-state index < -0.39 is 0 Å². The normalized spacial score (nSPS) is 13.1. The fraction of sp³-hybridized carbons (Fsp3) is 0.364. The van der Waals surface area contributed by atoms with Gasteiger partial charge in [0, 0.05) is 18.4 Å². The summed E-state index contributed by atoms with van der Waals surface area (Å²) in [4.78, 5) is 7.66. The van der Waals surface area contributed by atoms with Gasteiger partial charge in [0.15, 0.2) is 5.16 Å². The van der Waals surface area contributed by atoms with Gasteiger partial charge < -0.3 is 15.8 Å². The van der Waals surface area contributed by atoms with Crippen molar-refractivity contribution in [2.75, 3.05) is 12.4 Å². The van der Waals surface area contributed by atoms with E-state index in [-0.39, 0.29) is 12.6 Å². The first kappa shape index (κ1) is 11.4. The van der Waals surface area contributed by atoms with Gasteiger partial charge >= 0.3 is 0 Å². The van der Waals surface area contributed by atoms with Crippen LogP contribution in [0.1, 0.15) is 6.42 Å². The van der Waals surface area contributed by atoms with Crippen LogP contribution in [0.15, 0.2) is 29.4 Å². The van der Waals surface area contributed by atoms with Gasteiger partial charge in [0.05, 0.1) is 11.0 Å². The Morgan fingerprint density at radius 3 is 3.00 bits per heavy atom. The summed E-state index contributed by atoms with van der Waals surface area (Å²) < 4.78 is 0. The smallest absolute Gasteiger partial charge is 0.166 e. The van der Waals surface area contributed by atoms with Gasteiger partial charge in [-0.25, -0.2) is 4.98 Å². The molecule has 0 saturated heterocycles. The van der Waals surface area contributed by atoms with E-state index >= 15 is 0 Å². The number of aromatic amines is 1. The molecule has 86 valence electrons. The van der Waals surface area contributed by atoms with Gasteiger partial charge in [-0.05, 0) is 18.6 Å². The summed E-state index contributed by atoms with van der Waals surface area (Å²) in [5.74, 6) is 0.764. The zero-order valence-corrected chi connectivity index (χ0v) is 9.70. The summed E-state index contributed by atoms with van der Waals surface area (Å²) in [5.41, 5.74) is 7.82. The summed E-state index contributed by atoms with van der Waals surface area (Å²) in [6, 6.07) is 7.94. The number of benzene rings is 1. The predicted octanol–water partition coefficient (Wildman–Crippen LogP) is 1.36. The first-order valence-corrected chi connectivity index (χ1v) is 6.22. The molecular formula is C11H15N3OS. The van der Waals surface area contributed by atoms with Crippen molar-refractivity contribution in [1.82, 2.24) is 9.97 Å². The molecule has 0 aliphatic rings. The minimum atomic E-state index is 0.0169. The minimum Gasteiger partial charge on any atom is -0.396 e. The second kappa shape index (κ2) is 5.34. The molecule has 16 heavy (non-hydrogen) atoms. The molecule has 0 bridgehead atoms. The maximum atomic E-state index is 8.74. The van der Waals surface area contributed by atoms with E-state index in [1.807, 2.05) is 24.3 Å². The molecule has 2 aromatic rings. The van der Waals surface area contributed by atoms with Crippen LogP contribution < -0.4 is 5.73 Å². The number of nitrogens with two attached hydrogens (primary N) is 1. The second-order valence-corrected chi connectivity index (χ2v) is 4.65. The van der Waals surface area contributed by atoms with Crippen LogP contribution in [0.5, 0.6) is 0 Å². The van der Waals surface area contributed by atoms with Gasteiger partial charge in [-0.1, -0.05) is 23.9 Å². The number of aromatic nitrogens is 2. The van der Waals surface area contributed by atoms with E-state index in [1.54, 1.807) is 11.8 Å². The monoisotopic (exact) mass is 237 g/mol. The molecular weight excluding hydrogens is 222 g/mol. The van der Waals surface area contributed by atoms with Crippen LogP contribution in [-0.2, 0) is 0 Å². The zero-order chi connectivity index (χ0) is 11.4. The lowest BCUT2D eigenvalue weighted by Crippen LogP contribution is -2.23. The Labute approximate surface area is 98.3 Å². The summed E-state index contributed by atoms with van der Waals surface area (Å²) >= 11 is 1.59. The number of aliphatic hydroxyl groups excluding tert-OH is 1. The highest BCUT2D eigenvalue weighted by atomic mass is 32.2. The number of hydrogen-bond acceptors (Lipinski definition) is 4. The van der Waals surface area contributed by atoms with Crippen LogP contribution in [0.2, 0.25) is 0 Å². The Morgan fingerprint density at radius 2 is 2.25 bits per heavy atom. The van der Waals surface area contributed by atoms with Crippen molar-refractivity contribution in [2.24, 2.45) is 5.73 Å². The third-order valence-corrected chi connectivity index (χ3v) is 3.36. The fourth-order valence-corrected chi connectivity index (χ4v) is 2.32. The van der Waals surface area contributed by atoms with E-state index in [4.69, 9.17) is 10.8 Å². The quantitative estimate of drug-likeness (QED) is 0.686. The molecule has 1 atom stereocenters. The number of para-hydroxylation sites is 2. The summed E-state index contributed by atoms with van der Waals surface area (Å²) in [6.07, 6.45) is 0.632. The zero-order valence-electron chi connectivity index (χ0n) is 8.89. The number of imidazole rings is 1. The summed E-state index contributed by atoms with van der Waals surface area (Å²) in [6.45, 7) is 0.141. The number of thioether (sulfide) groups is 1. The molecule has 0 radical (unpaired) electrons. The Balaban J connectivity index is 1.99. The molecule has 2 rings (SSSR count).